The van der Waals surface area contributed by atoms with Crippen LogP contribution in [-0.2, 0) is 4.79 Å². The third kappa shape index (κ3) is 4.51. The van der Waals surface area contributed by atoms with Crippen LogP contribution in [0.15, 0.2) is 0 Å². The van der Waals surface area contributed by atoms with Crippen molar-refractivity contribution in [2.75, 3.05) is 13.1 Å². The van der Waals surface area contributed by atoms with Crippen LogP contribution in [-0.4, -0.2) is 31.2 Å². The maximum absolute atomic E-state index is 11.9. The highest BCUT2D eigenvalue weighted by atomic mass is 19.4. The second-order valence-electron chi connectivity index (χ2n) is 3.90. The molecule has 0 aromatic carbocycles. The second-order valence-corrected chi connectivity index (χ2v) is 3.90. The second kappa shape index (κ2) is 4.83. The van der Waals surface area contributed by atoms with Gasteiger partial charge in [0.1, 0.15) is 6.42 Å². The monoisotopic (exact) mass is 224 g/mol. The van der Waals surface area contributed by atoms with E-state index in [4.69, 9.17) is 0 Å². The molecule has 1 aliphatic heterocycles. The van der Waals surface area contributed by atoms with Crippen molar-refractivity contribution in [2.24, 2.45) is 5.92 Å². The summed E-state index contributed by atoms with van der Waals surface area (Å²) in [4.78, 5) is 11.0. The van der Waals surface area contributed by atoms with Gasteiger partial charge in [0.15, 0.2) is 0 Å². The molecule has 2 N–H and O–H groups in total. The summed E-state index contributed by atoms with van der Waals surface area (Å²) in [6, 6.07) is -0.199. The molecule has 1 aliphatic rings. The van der Waals surface area contributed by atoms with E-state index in [-0.39, 0.29) is 12.0 Å². The summed E-state index contributed by atoms with van der Waals surface area (Å²) in [7, 11) is 0. The van der Waals surface area contributed by atoms with E-state index in [1.807, 2.05) is 0 Å². The molecule has 1 saturated heterocycles. The van der Waals surface area contributed by atoms with E-state index >= 15 is 0 Å². The maximum atomic E-state index is 11.9. The van der Waals surface area contributed by atoms with E-state index in [2.05, 4.69) is 10.6 Å². The Morgan fingerprint density at radius 1 is 1.60 bits per heavy atom. The lowest BCUT2D eigenvalue weighted by Crippen LogP contribution is -2.40. The maximum Gasteiger partial charge on any atom is 0.397 e. The van der Waals surface area contributed by atoms with E-state index < -0.39 is 18.5 Å². The van der Waals surface area contributed by atoms with E-state index in [0.29, 0.717) is 0 Å². The molecule has 15 heavy (non-hydrogen) atoms. The zero-order valence-corrected chi connectivity index (χ0v) is 8.53. The van der Waals surface area contributed by atoms with E-state index in [9.17, 15) is 18.0 Å². The van der Waals surface area contributed by atoms with Gasteiger partial charge in [-0.05, 0) is 32.4 Å². The SMILES string of the molecule is CC(NC(=O)CC(F)(F)F)C1CCNC1. The van der Waals surface area contributed by atoms with Crippen LogP contribution < -0.4 is 10.6 Å². The van der Waals surface area contributed by atoms with Crippen molar-refractivity contribution in [3.63, 3.8) is 0 Å². The minimum absolute atomic E-state index is 0.199. The van der Waals surface area contributed by atoms with E-state index in [0.717, 1.165) is 19.5 Å². The first-order valence-electron chi connectivity index (χ1n) is 4.95. The summed E-state index contributed by atoms with van der Waals surface area (Å²) in [6.45, 7) is 3.36. The van der Waals surface area contributed by atoms with Crippen LogP contribution in [0.2, 0.25) is 0 Å². The molecule has 0 spiro atoms. The van der Waals surface area contributed by atoms with Crippen LogP contribution in [0.1, 0.15) is 19.8 Å². The van der Waals surface area contributed by atoms with Gasteiger partial charge >= 0.3 is 6.18 Å². The predicted octanol–water partition coefficient (Wildman–Crippen LogP) is 1.05. The first-order chi connectivity index (χ1) is 6.88. The highest BCUT2D eigenvalue weighted by molar-refractivity contribution is 5.76. The van der Waals surface area contributed by atoms with Crippen LogP contribution in [0.3, 0.4) is 0 Å². The van der Waals surface area contributed by atoms with Crippen molar-refractivity contribution in [2.45, 2.75) is 32.0 Å². The van der Waals surface area contributed by atoms with Crippen molar-refractivity contribution in [3.8, 4) is 0 Å². The Labute approximate surface area is 86.4 Å². The van der Waals surface area contributed by atoms with Crippen LogP contribution in [0.25, 0.3) is 0 Å². The highest BCUT2D eigenvalue weighted by Crippen LogP contribution is 2.20. The number of carbonyl (C=O) groups is 1. The number of nitrogens with one attached hydrogen (secondary N) is 2. The Morgan fingerprint density at radius 3 is 2.73 bits per heavy atom. The van der Waals surface area contributed by atoms with Gasteiger partial charge in [-0.3, -0.25) is 4.79 Å². The summed E-state index contributed by atoms with van der Waals surface area (Å²) < 4.78 is 35.6. The Bertz CT molecular complexity index is 224. The van der Waals surface area contributed by atoms with Gasteiger partial charge in [0, 0.05) is 6.04 Å². The third-order valence-corrected chi connectivity index (χ3v) is 2.56. The molecule has 0 aromatic rings. The first-order valence-corrected chi connectivity index (χ1v) is 4.95. The van der Waals surface area contributed by atoms with Gasteiger partial charge in [-0.25, -0.2) is 0 Å². The molecule has 0 saturated carbocycles. The lowest BCUT2D eigenvalue weighted by molar-refractivity contribution is -0.154. The Morgan fingerprint density at radius 2 is 2.27 bits per heavy atom. The number of amides is 1. The van der Waals surface area contributed by atoms with E-state index in [1.54, 1.807) is 6.92 Å². The molecule has 1 fully saturated rings. The molecule has 0 aliphatic carbocycles. The van der Waals surface area contributed by atoms with Crippen molar-refractivity contribution in [1.29, 1.82) is 0 Å². The summed E-state index contributed by atoms with van der Waals surface area (Å²) in [5.74, 6) is -0.705. The number of alkyl halides is 3. The van der Waals surface area contributed by atoms with Crippen LogP contribution in [0, 0.1) is 5.92 Å². The number of carbonyl (C=O) groups excluding carboxylic acids is 1. The van der Waals surface area contributed by atoms with Gasteiger partial charge in [0.05, 0.1) is 0 Å². The Kier molecular flexibility index (Phi) is 3.96. The lowest BCUT2D eigenvalue weighted by atomic mass is 10.0. The van der Waals surface area contributed by atoms with Crippen molar-refractivity contribution >= 4 is 5.91 Å². The Hall–Kier alpha value is -0.780. The minimum Gasteiger partial charge on any atom is -0.353 e. The summed E-state index contributed by atoms with van der Waals surface area (Å²) in [5, 5.41) is 5.48. The lowest BCUT2D eigenvalue weighted by Gasteiger charge is -2.20. The van der Waals surface area contributed by atoms with Gasteiger partial charge in [-0.2, -0.15) is 13.2 Å². The summed E-state index contributed by atoms with van der Waals surface area (Å²) >= 11 is 0. The van der Waals surface area contributed by atoms with Crippen molar-refractivity contribution in [3.05, 3.63) is 0 Å². The average Bonchev–Trinajstić information content (AvgIpc) is 2.50. The normalized spacial score (nSPS) is 23.9. The standard InChI is InChI=1S/C9H15F3N2O/c1-6(7-2-3-13-5-7)14-8(15)4-9(10,11)12/h6-7,13H,2-5H2,1H3,(H,14,15). The molecule has 1 amide bonds. The van der Waals surface area contributed by atoms with Crippen LogP contribution in [0.4, 0.5) is 13.2 Å². The third-order valence-electron chi connectivity index (χ3n) is 2.56. The zero-order valence-electron chi connectivity index (χ0n) is 8.53. The number of rotatable bonds is 3. The molecule has 2 atom stereocenters. The Balaban J connectivity index is 2.30. The molecule has 88 valence electrons. The quantitative estimate of drug-likeness (QED) is 0.752. The highest BCUT2D eigenvalue weighted by Gasteiger charge is 2.32. The molecule has 1 rings (SSSR count). The molecular formula is C9H15F3N2O. The molecule has 6 heteroatoms. The fourth-order valence-corrected chi connectivity index (χ4v) is 1.71. The number of hydrogen-bond donors (Lipinski definition) is 2. The molecule has 0 radical (unpaired) electrons. The van der Waals surface area contributed by atoms with Gasteiger partial charge in [-0.15, -0.1) is 0 Å². The molecule has 0 bridgehead atoms. The molecule has 1 heterocycles. The minimum atomic E-state index is -4.42. The van der Waals surface area contributed by atoms with Gasteiger partial charge in [0.25, 0.3) is 0 Å². The van der Waals surface area contributed by atoms with Crippen molar-refractivity contribution < 1.29 is 18.0 Å². The average molecular weight is 224 g/mol. The van der Waals surface area contributed by atoms with Gasteiger partial charge in [-0.1, -0.05) is 0 Å². The number of hydrogen-bond acceptors (Lipinski definition) is 2. The van der Waals surface area contributed by atoms with E-state index in [1.165, 1.54) is 0 Å². The molecular weight excluding hydrogens is 209 g/mol. The summed E-state index contributed by atoms with van der Waals surface area (Å²) in [5.41, 5.74) is 0. The molecule has 3 nitrogen and oxygen atoms in total. The first kappa shape index (κ1) is 12.3. The topological polar surface area (TPSA) is 41.1 Å². The molecule has 0 aromatic heterocycles. The van der Waals surface area contributed by atoms with Gasteiger partial charge in [0.2, 0.25) is 5.91 Å². The predicted molar refractivity (Wildman–Crippen MR) is 49.3 cm³/mol. The van der Waals surface area contributed by atoms with Crippen LogP contribution >= 0.6 is 0 Å². The van der Waals surface area contributed by atoms with Gasteiger partial charge < -0.3 is 10.6 Å². The van der Waals surface area contributed by atoms with Crippen molar-refractivity contribution in [1.82, 2.24) is 10.6 Å². The fraction of sp³-hybridized carbons (Fsp3) is 0.889. The van der Waals surface area contributed by atoms with Crippen LogP contribution in [0.5, 0.6) is 0 Å². The largest absolute Gasteiger partial charge is 0.397 e. The fourth-order valence-electron chi connectivity index (χ4n) is 1.71. The molecule has 2 unspecified atom stereocenters. The zero-order chi connectivity index (χ0) is 11.5. The smallest absolute Gasteiger partial charge is 0.353 e. The summed E-state index contributed by atoms with van der Waals surface area (Å²) in [6.07, 6.45) is -4.91. The number of halogens is 3.